The van der Waals surface area contributed by atoms with E-state index in [4.69, 9.17) is 4.74 Å². The summed E-state index contributed by atoms with van der Waals surface area (Å²) in [6.07, 6.45) is 1.03. The average molecular weight is 283 g/mol. The summed E-state index contributed by atoms with van der Waals surface area (Å²) >= 11 is 0. The van der Waals surface area contributed by atoms with Crippen LogP contribution in [-0.4, -0.2) is 24.8 Å². The van der Waals surface area contributed by atoms with E-state index in [9.17, 15) is 5.11 Å². The number of aromatic hydroxyl groups is 1. The van der Waals surface area contributed by atoms with Crippen molar-refractivity contribution in [2.24, 2.45) is 0 Å². The number of hydrogen-bond acceptors (Lipinski definition) is 3. The van der Waals surface area contributed by atoms with Gasteiger partial charge in [0.2, 0.25) is 0 Å². The summed E-state index contributed by atoms with van der Waals surface area (Å²) in [6, 6.07) is 11.8. The molecule has 0 radical (unpaired) electrons. The van der Waals surface area contributed by atoms with Crippen molar-refractivity contribution in [3.8, 4) is 11.5 Å². The highest BCUT2D eigenvalue weighted by atomic mass is 16.5. The van der Waals surface area contributed by atoms with Crippen molar-refractivity contribution in [3.05, 3.63) is 53.1 Å². The number of ether oxygens (including phenoxy) is 1. The molecule has 2 aromatic rings. The van der Waals surface area contributed by atoms with Crippen molar-refractivity contribution in [2.75, 3.05) is 18.5 Å². The zero-order chi connectivity index (χ0) is 15.0. The van der Waals surface area contributed by atoms with E-state index in [1.807, 2.05) is 13.1 Å². The summed E-state index contributed by atoms with van der Waals surface area (Å²) in [5.74, 6) is 1.12. The van der Waals surface area contributed by atoms with Crippen LogP contribution in [0.1, 0.15) is 16.7 Å². The predicted octanol–water partition coefficient (Wildman–Crippen LogP) is 3.45. The maximum Gasteiger partial charge on any atom is 0.143 e. The van der Waals surface area contributed by atoms with Gasteiger partial charge in [0.25, 0.3) is 0 Å². The molecular weight excluding hydrogens is 262 g/mol. The van der Waals surface area contributed by atoms with Gasteiger partial charge in [0, 0.05) is 19.5 Å². The molecule has 1 aliphatic heterocycles. The minimum atomic E-state index is 0.132. The summed E-state index contributed by atoms with van der Waals surface area (Å²) < 4.78 is 6.10. The van der Waals surface area contributed by atoms with Crippen molar-refractivity contribution in [3.63, 3.8) is 0 Å². The molecule has 0 spiro atoms. The highest BCUT2D eigenvalue weighted by molar-refractivity contribution is 5.62. The van der Waals surface area contributed by atoms with E-state index in [0.29, 0.717) is 0 Å². The number of phenolic OH excluding ortho intramolecular Hbond substituents is 1. The Hall–Kier alpha value is -2.16. The molecule has 0 saturated heterocycles. The van der Waals surface area contributed by atoms with Crippen LogP contribution >= 0.6 is 0 Å². The highest BCUT2D eigenvalue weighted by Gasteiger charge is 2.24. The van der Waals surface area contributed by atoms with Crippen molar-refractivity contribution in [1.29, 1.82) is 0 Å². The normalized spacial score (nSPS) is 17.3. The molecule has 2 aromatic carbocycles. The Bertz CT molecular complexity index is 666. The molecule has 0 aliphatic carbocycles. The number of aryl methyl sites for hydroxylation is 2. The molecular formula is C18H21NO2. The van der Waals surface area contributed by atoms with Crippen LogP contribution in [0.5, 0.6) is 11.5 Å². The van der Waals surface area contributed by atoms with Gasteiger partial charge >= 0.3 is 0 Å². The van der Waals surface area contributed by atoms with Crippen molar-refractivity contribution >= 4 is 5.69 Å². The zero-order valence-electron chi connectivity index (χ0n) is 12.8. The fraction of sp³-hybridized carbons (Fsp3) is 0.333. The molecule has 3 rings (SSSR count). The largest absolute Gasteiger partial charge is 0.508 e. The lowest BCUT2D eigenvalue weighted by atomic mass is 9.99. The minimum absolute atomic E-state index is 0.132. The smallest absolute Gasteiger partial charge is 0.143 e. The van der Waals surface area contributed by atoms with Crippen LogP contribution in [0.2, 0.25) is 0 Å². The second-order valence-corrected chi connectivity index (χ2v) is 5.91. The summed E-state index contributed by atoms with van der Waals surface area (Å²) in [5.41, 5.74) is 4.89. The molecule has 3 nitrogen and oxygen atoms in total. The van der Waals surface area contributed by atoms with Crippen LogP contribution in [-0.2, 0) is 6.42 Å². The van der Waals surface area contributed by atoms with Gasteiger partial charge in [-0.1, -0.05) is 23.8 Å². The molecule has 0 saturated carbocycles. The summed E-state index contributed by atoms with van der Waals surface area (Å²) in [6.45, 7) is 5.09. The number of anilines is 1. The van der Waals surface area contributed by atoms with Gasteiger partial charge < -0.3 is 14.7 Å². The monoisotopic (exact) mass is 283 g/mol. The van der Waals surface area contributed by atoms with Crippen molar-refractivity contribution < 1.29 is 9.84 Å². The van der Waals surface area contributed by atoms with Gasteiger partial charge in [0.1, 0.15) is 17.6 Å². The van der Waals surface area contributed by atoms with E-state index >= 15 is 0 Å². The minimum Gasteiger partial charge on any atom is -0.508 e. The van der Waals surface area contributed by atoms with Crippen LogP contribution < -0.4 is 9.64 Å². The fourth-order valence-electron chi connectivity index (χ4n) is 2.90. The molecule has 0 amide bonds. The topological polar surface area (TPSA) is 32.7 Å². The number of nitrogens with zero attached hydrogens (tertiary/aromatic N) is 1. The molecule has 1 aliphatic rings. The standard InChI is InChI=1S/C18H21NO2/c1-12-4-5-13(2)14(8-12)9-16-11-19(3)17-10-15(20)6-7-18(17)21-16/h4-8,10,16,20H,9,11H2,1-3H3. The van der Waals surface area contributed by atoms with E-state index in [1.54, 1.807) is 12.1 Å². The third-order valence-electron chi connectivity index (χ3n) is 4.08. The van der Waals surface area contributed by atoms with E-state index in [2.05, 4.69) is 36.9 Å². The Kier molecular flexibility index (Phi) is 3.50. The average Bonchev–Trinajstić information content (AvgIpc) is 2.44. The van der Waals surface area contributed by atoms with Crippen LogP contribution in [0, 0.1) is 13.8 Å². The van der Waals surface area contributed by atoms with Gasteiger partial charge in [0.15, 0.2) is 0 Å². The second-order valence-electron chi connectivity index (χ2n) is 5.91. The Labute approximate surface area is 125 Å². The van der Waals surface area contributed by atoms with Gasteiger partial charge in [-0.2, -0.15) is 0 Å². The molecule has 0 aromatic heterocycles. The lowest BCUT2D eigenvalue weighted by Crippen LogP contribution is -2.39. The molecule has 1 N–H and O–H groups in total. The molecule has 3 heteroatoms. The number of fused-ring (bicyclic) bond motifs is 1. The molecule has 1 heterocycles. The second kappa shape index (κ2) is 5.32. The number of hydrogen-bond donors (Lipinski definition) is 1. The predicted molar refractivity (Wildman–Crippen MR) is 85.4 cm³/mol. The van der Waals surface area contributed by atoms with Gasteiger partial charge in [-0.05, 0) is 37.1 Å². The number of phenols is 1. The summed E-state index contributed by atoms with van der Waals surface area (Å²) in [7, 11) is 2.04. The lowest BCUT2D eigenvalue weighted by molar-refractivity contribution is 0.195. The Morgan fingerprint density at radius 2 is 2.00 bits per heavy atom. The van der Waals surface area contributed by atoms with Crippen molar-refractivity contribution in [2.45, 2.75) is 26.4 Å². The van der Waals surface area contributed by atoms with E-state index in [1.165, 1.54) is 16.7 Å². The first-order chi connectivity index (χ1) is 10.0. The molecule has 110 valence electrons. The molecule has 1 atom stereocenters. The van der Waals surface area contributed by atoms with Gasteiger partial charge in [-0.3, -0.25) is 0 Å². The number of benzene rings is 2. The molecule has 0 bridgehead atoms. The summed E-state index contributed by atoms with van der Waals surface area (Å²) in [5, 5.41) is 9.59. The first kappa shape index (κ1) is 13.8. The Balaban J connectivity index is 1.83. The lowest BCUT2D eigenvalue weighted by Gasteiger charge is -2.34. The van der Waals surface area contributed by atoms with Crippen molar-refractivity contribution in [1.82, 2.24) is 0 Å². The van der Waals surface area contributed by atoms with Crippen LogP contribution in [0.3, 0.4) is 0 Å². The maximum absolute atomic E-state index is 9.59. The van der Waals surface area contributed by atoms with Crippen LogP contribution in [0.4, 0.5) is 5.69 Å². The zero-order valence-corrected chi connectivity index (χ0v) is 12.8. The maximum atomic E-state index is 9.59. The third kappa shape index (κ3) is 2.82. The Morgan fingerprint density at radius 3 is 2.81 bits per heavy atom. The van der Waals surface area contributed by atoms with Crippen LogP contribution in [0.25, 0.3) is 0 Å². The molecule has 0 fully saturated rings. The fourth-order valence-corrected chi connectivity index (χ4v) is 2.90. The van der Waals surface area contributed by atoms with Crippen LogP contribution in [0.15, 0.2) is 36.4 Å². The van der Waals surface area contributed by atoms with E-state index in [-0.39, 0.29) is 11.9 Å². The Morgan fingerprint density at radius 1 is 1.19 bits per heavy atom. The quantitative estimate of drug-likeness (QED) is 0.916. The van der Waals surface area contributed by atoms with Gasteiger partial charge in [-0.15, -0.1) is 0 Å². The number of rotatable bonds is 2. The molecule has 21 heavy (non-hydrogen) atoms. The molecule has 1 unspecified atom stereocenters. The van der Waals surface area contributed by atoms with E-state index < -0.39 is 0 Å². The number of likely N-dealkylation sites (N-methyl/N-ethyl adjacent to an activating group) is 1. The first-order valence-electron chi connectivity index (χ1n) is 7.30. The van der Waals surface area contributed by atoms with E-state index in [0.717, 1.165) is 24.4 Å². The SMILES string of the molecule is Cc1ccc(C)c(CC2CN(C)c3cc(O)ccc3O2)c1. The van der Waals surface area contributed by atoms with Gasteiger partial charge in [-0.25, -0.2) is 0 Å². The van der Waals surface area contributed by atoms with Gasteiger partial charge in [0.05, 0.1) is 12.2 Å². The summed E-state index contributed by atoms with van der Waals surface area (Å²) in [4.78, 5) is 2.15. The highest BCUT2D eigenvalue weighted by Crippen LogP contribution is 2.36. The third-order valence-corrected chi connectivity index (χ3v) is 4.08. The first-order valence-corrected chi connectivity index (χ1v) is 7.30.